The lowest BCUT2D eigenvalue weighted by molar-refractivity contribution is -0.385. The van der Waals surface area contributed by atoms with Crippen molar-refractivity contribution in [3.8, 4) is 0 Å². The number of nitrogens with one attached hydrogen (secondary N) is 1. The summed E-state index contributed by atoms with van der Waals surface area (Å²) >= 11 is 0. The standard InChI is InChI=1S/C14H14FN3O5S/c15-13-4-2-1-3-12(13)14(19)8-17-9-5-10(18(20)21)7-11(6-9)24(16,22)23/h1-7,14,17,19H,8H2,(H2,16,22,23). The van der Waals surface area contributed by atoms with Gasteiger partial charge in [0, 0.05) is 29.9 Å². The molecular weight excluding hydrogens is 341 g/mol. The number of benzene rings is 2. The average Bonchev–Trinajstić information content (AvgIpc) is 2.52. The summed E-state index contributed by atoms with van der Waals surface area (Å²) in [5, 5.41) is 28.5. The Bertz CT molecular complexity index is 872. The Morgan fingerprint density at radius 2 is 1.96 bits per heavy atom. The molecule has 0 aliphatic heterocycles. The Morgan fingerprint density at radius 3 is 2.54 bits per heavy atom. The molecule has 0 saturated carbocycles. The van der Waals surface area contributed by atoms with E-state index in [0.29, 0.717) is 0 Å². The van der Waals surface area contributed by atoms with Crippen molar-refractivity contribution in [1.29, 1.82) is 0 Å². The summed E-state index contributed by atoms with van der Waals surface area (Å²) in [4.78, 5) is 9.66. The third-order valence-corrected chi connectivity index (χ3v) is 4.09. The minimum atomic E-state index is -4.15. The van der Waals surface area contributed by atoms with Gasteiger partial charge in [0.1, 0.15) is 5.82 Å². The number of halogens is 1. The fourth-order valence-electron chi connectivity index (χ4n) is 2.02. The number of nitrogens with zero attached hydrogens (tertiary/aromatic N) is 1. The number of rotatable bonds is 6. The highest BCUT2D eigenvalue weighted by Crippen LogP contribution is 2.24. The van der Waals surface area contributed by atoms with Crippen molar-refractivity contribution in [2.45, 2.75) is 11.0 Å². The van der Waals surface area contributed by atoms with Crippen LogP contribution in [0.5, 0.6) is 0 Å². The van der Waals surface area contributed by atoms with E-state index in [0.717, 1.165) is 18.2 Å². The molecule has 24 heavy (non-hydrogen) atoms. The third kappa shape index (κ3) is 4.25. The van der Waals surface area contributed by atoms with Gasteiger partial charge in [-0.25, -0.2) is 17.9 Å². The molecule has 1 atom stereocenters. The van der Waals surface area contributed by atoms with Gasteiger partial charge >= 0.3 is 0 Å². The summed E-state index contributed by atoms with van der Waals surface area (Å²) in [6.45, 7) is -0.188. The van der Waals surface area contributed by atoms with E-state index in [1.807, 2.05) is 0 Å². The molecule has 128 valence electrons. The summed E-state index contributed by atoms with van der Waals surface area (Å²) in [6.07, 6.45) is -1.23. The number of aliphatic hydroxyl groups is 1. The van der Waals surface area contributed by atoms with Gasteiger partial charge in [0.2, 0.25) is 10.0 Å². The van der Waals surface area contributed by atoms with Crippen molar-refractivity contribution in [2.24, 2.45) is 5.14 Å². The van der Waals surface area contributed by atoms with Crippen LogP contribution in [0.2, 0.25) is 0 Å². The van der Waals surface area contributed by atoms with Crippen molar-refractivity contribution < 1.29 is 22.8 Å². The van der Waals surface area contributed by atoms with E-state index in [9.17, 15) is 28.0 Å². The number of non-ortho nitro benzene ring substituents is 1. The van der Waals surface area contributed by atoms with Crippen LogP contribution in [-0.2, 0) is 10.0 Å². The summed E-state index contributed by atoms with van der Waals surface area (Å²) in [7, 11) is -4.15. The summed E-state index contributed by atoms with van der Waals surface area (Å²) in [5.41, 5.74) is -0.380. The Kier molecular flexibility index (Phi) is 5.12. The van der Waals surface area contributed by atoms with E-state index < -0.39 is 37.5 Å². The van der Waals surface area contributed by atoms with Crippen LogP contribution < -0.4 is 10.5 Å². The second-order valence-corrected chi connectivity index (χ2v) is 6.50. The summed E-state index contributed by atoms with van der Waals surface area (Å²) < 4.78 is 36.4. The maximum Gasteiger partial charge on any atom is 0.272 e. The van der Waals surface area contributed by atoms with Crippen molar-refractivity contribution in [1.82, 2.24) is 0 Å². The number of nitro groups is 1. The molecule has 0 aromatic heterocycles. The van der Waals surface area contributed by atoms with Crippen LogP contribution in [0.1, 0.15) is 11.7 Å². The van der Waals surface area contributed by atoms with E-state index in [1.54, 1.807) is 6.07 Å². The van der Waals surface area contributed by atoms with Gasteiger partial charge in [0.05, 0.1) is 15.9 Å². The average molecular weight is 355 g/mol. The minimum absolute atomic E-state index is 0.0436. The van der Waals surface area contributed by atoms with Crippen LogP contribution >= 0.6 is 0 Å². The Balaban J connectivity index is 2.25. The first kappa shape index (κ1) is 17.8. The zero-order valence-electron chi connectivity index (χ0n) is 12.2. The number of primary sulfonamides is 1. The zero-order valence-corrected chi connectivity index (χ0v) is 13.0. The second kappa shape index (κ2) is 6.91. The van der Waals surface area contributed by atoms with Gasteiger partial charge in [-0.2, -0.15) is 0 Å². The predicted octanol–water partition coefficient (Wildman–Crippen LogP) is 1.53. The number of nitrogens with two attached hydrogens (primary N) is 1. The molecule has 0 heterocycles. The van der Waals surface area contributed by atoms with Crippen LogP contribution in [0.15, 0.2) is 47.4 Å². The maximum atomic E-state index is 13.6. The van der Waals surface area contributed by atoms with Gasteiger partial charge < -0.3 is 10.4 Å². The number of aliphatic hydroxyl groups excluding tert-OH is 1. The van der Waals surface area contributed by atoms with Gasteiger partial charge in [-0.15, -0.1) is 0 Å². The smallest absolute Gasteiger partial charge is 0.272 e. The first-order chi connectivity index (χ1) is 11.2. The SMILES string of the molecule is NS(=O)(=O)c1cc(NCC(O)c2ccccc2F)cc([N+](=O)[O-])c1. The molecule has 4 N–H and O–H groups in total. The van der Waals surface area contributed by atoms with Gasteiger partial charge in [-0.05, 0) is 12.1 Å². The molecule has 2 aromatic carbocycles. The van der Waals surface area contributed by atoms with E-state index >= 15 is 0 Å². The number of anilines is 1. The molecule has 0 bridgehead atoms. The van der Waals surface area contributed by atoms with Gasteiger partial charge in [-0.1, -0.05) is 18.2 Å². The van der Waals surface area contributed by atoms with Gasteiger partial charge in [0.15, 0.2) is 0 Å². The largest absolute Gasteiger partial charge is 0.386 e. The Morgan fingerprint density at radius 1 is 1.29 bits per heavy atom. The molecule has 0 spiro atoms. The second-order valence-electron chi connectivity index (χ2n) is 4.94. The molecule has 1 unspecified atom stereocenters. The molecule has 0 aliphatic carbocycles. The van der Waals surface area contributed by atoms with Crippen LogP contribution in [0.4, 0.5) is 15.8 Å². The molecule has 8 nitrogen and oxygen atoms in total. The van der Waals surface area contributed by atoms with E-state index in [1.165, 1.54) is 18.2 Å². The lowest BCUT2D eigenvalue weighted by Gasteiger charge is -2.14. The normalized spacial score (nSPS) is 12.6. The number of hydrogen-bond donors (Lipinski definition) is 3. The lowest BCUT2D eigenvalue weighted by Crippen LogP contribution is -2.15. The highest BCUT2D eigenvalue weighted by Gasteiger charge is 2.17. The minimum Gasteiger partial charge on any atom is -0.386 e. The van der Waals surface area contributed by atoms with Crippen LogP contribution in [0.3, 0.4) is 0 Å². The summed E-state index contributed by atoms with van der Waals surface area (Å²) in [5.74, 6) is -0.601. The topological polar surface area (TPSA) is 136 Å². The number of sulfonamides is 1. The van der Waals surface area contributed by atoms with Crippen LogP contribution in [0, 0.1) is 15.9 Å². The fraction of sp³-hybridized carbons (Fsp3) is 0.143. The van der Waals surface area contributed by atoms with Crippen molar-refractivity contribution in [2.75, 3.05) is 11.9 Å². The highest BCUT2D eigenvalue weighted by molar-refractivity contribution is 7.89. The van der Waals surface area contributed by atoms with Crippen LogP contribution in [0.25, 0.3) is 0 Å². The molecule has 2 aromatic rings. The van der Waals surface area contributed by atoms with Gasteiger partial charge in [0.25, 0.3) is 5.69 Å². The van der Waals surface area contributed by atoms with Crippen LogP contribution in [-0.4, -0.2) is 25.0 Å². The first-order valence-corrected chi connectivity index (χ1v) is 8.22. The van der Waals surface area contributed by atoms with Crippen molar-refractivity contribution >= 4 is 21.4 Å². The van der Waals surface area contributed by atoms with Crippen molar-refractivity contribution in [3.05, 3.63) is 64.0 Å². The van der Waals surface area contributed by atoms with Crippen molar-refractivity contribution in [3.63, 3.8) is 0 Å². The quantitative estimate of drug-likeness (QED) is 0.531. The first-order valence-electron chi connectivity index (χ1n) is 6.67. The monoisotopic (exact) mass is 355 g/mol. The molecule has 0 aliphatic rings. The molecule has 2 rings (SSSR count). The Labute approximate surface area is 136 Å². The summed E-state index contributed by atoms with van der Waals surface area (Å²) in [6, 6.07) is 8.61. The predicted molar refractivity (Wildman–Crippen MR) is 84.3 cm³/mol. The highest BCUT2D eigenvalue weighted by atomic mass is 32.2. The molecular formula is C14H14FN3O5S. The number of nitro benzene ring substituents is 1. The molecule has 10 heteroatoms. The molecule has 0 fully saturated rings. The van der Waals surface area contributed by atoms with E-state index in [2.05, 4.69) is 5.32 Å². The fourth-order valence-corrected chi connectivity index (χ4v) is 2.60. The Hall–Kier alpha value is -2.56. The third-order valence-electron chi connectivity index (χ3n) is 3.19. The molecule has 0 radical (unpaired) electrons. The molecule has 0 amide bonds. The van der Waals surface area contributed by atoms with E-state index in [-0.39, 0.29) is 17.8 Å². The lowest BCUT2D eigenvalue weighted by atomic mass is 10.1. The molecule has 0 saturated heterocycles. The number of hydrogen-bond acceptors (Lipinski definition) is 6. The van der Waals surface area contributed by atoms with E-state index in [4.69, 9.17) is 5.14 Å². The van der Waals surface area contributed by atoms with Gasteiger partial charge in [-0.3, -0.25) is 10.1 Å². The zero-order chi connectivity index (χ0) is 17.9. The maximum absolute atomic E-state index is 13.6.